The van der Waals surface area contributed by atoms with Gasteiger partial charge in [-0.2, -0.15) is 0 Å². The van der Waals surface area contributed by atoms with Crippen molar-refractivity contribution in [2.24, 2.45) is 0 Å². The zero-order chi connectivity index (χ0) is 18.0. The SMILES string of the molecule is Clc1cnc2c(Cl)nc(Cl)nc2c1.O=C1Cc2cccnc2C(=O)N1. The van der Waals surface area contributed by atoms with Crippen LogP contribution in [0.4, 0.5) is 0 Å². The first-order chi connectivity index (χ1) is 11.9. The van der Waals surface area contributed by atoms with Crippen LogP contribution in [0.2, 0.25) is 15.5 Å². The van der Waals surface area contributed by atoms with Gasteiger partial charge in [-0.1, -0.05) is 29.3 Å². The van der Waals surface area contributed by atoms with Crippen LogP contribution >= 0.6 is 34.8 Å². The van der Waals surface area contributed by atoms with Crippen LogP contribution in [0.5, 0.6) is 0 Å². The number of aromatic nitrogens is 4. The van der Waals surface area contributed by atoms with Crippen LogP contribution in [0.25, 0.3) is 11.0 Å². The van der Waals surface area contributed by atoms with Gasteiger partial charge in [0.2, 0.25) is 11.2 Å². The van der Waals surface area contributed by atoms with E-state index in [0.717, 1.165) is 0 Å². The molecule has 0 saturated heterocycles. The van der Waals surface area contributed by atoms with Gasteiger partial charge in [-0.3, -0.25) is 19.9 Å². The third-order valence-electron chi connectivity index (χ3n) is 3.14. The van der Waals surface area contributed by atoms with Crippen molar-refractivity contribution in [2.75, 3.05) is 0 Å². The van der Waals surface area contributed by atoms with Crippen molar-refractivity contribution in [3.05, 3.63) is 57.3 Å². The molecule has 0 radical (unpaired) electrons. The van der Waals surface area contributed by atoms with Gasteiger partial charge >= 0.3 is 0 Å². The Kier molecular flexibility index (Phi) is 5.08. The Morgan fingerprint density at radius 1 is 1.08 bits per heavy atom. The van der Waals surface area contributed by atoms with Gasteiger partial charge in [0.05, 0.1) is 17.0 Å². The molecular weight excluding hydrogens is 389 g/mol. The molecular formula is C15H8Cl3N5O2. The van der Waals surface area contributed by atoms with Crippen LogP contribution in [0.1, 0.15) is 16.1 Å². The number of carbonyl (C=O) groups excluding carboxylic acids is 2. The zero-order valence-corrected chi connectivity index (χ0v) is 14.6. The molecule has 7 nitrogen and oxygen atoms in total. The van der Waals surface area contributed by atoms with Crippen molar-refractivity contribution in [2.45, 2.75) is 6.42 Å². The number of nitrogens with one attached hydrogen (secondary N) is 1. The van der Waals surface area contributed by atoms with E-state index in [9.17, 15) is 9.59 Å². The average molecular weight is 397 g/mol. The van der Waals surface area contributed by atoms with E-state index >= 15 is 0 Å². The predicted molar refractivity (Wildman–Crippen MR) is 92.8 cm³/mol. The van der Waals surface area contributed by atoms with Crippen molar-refractivity contribution in [1.29, 1.82) is 0 Å². The highest BCUT2D eigenvalue weighted by Crippen LogP contribution is 2.22. The largest absolute Gasteiger partial charge is 0.291 e. The van der Waals surface area contributed by atoms with Gasteiger partial charge in [-0.15, -0.1) is 0 Å². The number of hydrogen-bond donors (Lipinski definition) is 1. The number of rotatable bonds is 0. The van der Waals surface area contributed by atoms with Crippen molar-refractivity contribution in [3.8, 4) is 0 Å². The minimum atomic E-state index is -0.401. The highest BCUT2D eigenvalue weighted by molar-refractivity contribution is 6.36. The minimum absolute atomic E-state index is 0.0848. The Hall–Kier alpha value is -2.35. The van der Waals surface area contributed by atoms with Gasteiger partial charge < -0.3 is 0 Å². The molecule has 3 aromatic rings. The summed E-state index contributed by atoms with van der Waals surface area (Å²) in [4.78, 5) is 37.5. The maximum Gasteiger partial charge on any atom is 0.276 e. The topological polar surface area (TPSA) is 97.7 Å². The van der Waals surface area contributed by atoms with E-state index in [-0.39, 0.29) is 22.8 Å². The molecule has 0 unspecified atom stereocenters. The maximum atomic E-state index is 11.1. The van der Waals surface area contributed by atoms with Crippen LogP contribution in [0, 0.1) is 0 Å². The zero-order valence-electron chi connectivity index (χ0n) is 12.3. The van der Waals surface area contributed by atoms with Crippen LogP contribution in [-0.4, -0.2) is 31.8 Å². The second-order valence-corrected chi connectivity index (χ2v) is 6.00. The van der Waals surface area contributed by atoms with E-state index in [1.165, 1.54) is 12.4 Å². The van der Waals surface area contributed by atoms with Crippen molar-refractivity contribution < 1.29 is 9.59 Å². The number of halogens is 3. The third kappa shape index (κ3) is 4.01. The van der Waals surface area contributed by atoms with Crippen LogP contribution in [-0.2, 0) is 11.2 Å². The Balaban J connectivity index is 0.000000146. The maximum absolute atomic E-state index is 11.1. The molecule has 2 amide bonds. The number of fused-ring (bicyclic) bond motifs is 2. The fourth-order valence-electron chi connectivity index (χ4n) is 2.12. The Bertz CT molecular complexity index is 991. The lowest BCUT2D eigenvalue weighted by molar-refractivity contribution is -0.119. The monoisotopic (exact) mass is 395 g/mol. The van der Waals surface area contributed by atoms with E-state index in [4.69, 9.17) is 34.8 Å². The number of nitrogens with zero attached hydrogens (tertiary/aromatic N) is 4. The Morgan fingerprint density at radius 2 is 1.88 bits per heavy atom. The number of amides is 2. The second kappa shape index (κ2) is 7.26. The van der Waals surface area contributed by atoms with Crippen LogP contribution < -0.4 is 5.32 Å². The lowest BCUT2D eigenvalue weighted by atomic mass is 10.1. The van der Waals surface area contributed by atoms with E-state index in [0.29, 0.717) is 27.3 Å². The molecule has 0 spiro atoms. The number of imide groups is 1. The molecule has 0 fully saturated rings. The summed E-state index contributed by atoms with van der Waals surface area (Å²) in [7, 11) is 0. The van der Waals surface area contributed by atoms with Gasteiger partial charge in [-0.25, -0.2) is 15.0 Å². The Morgan fingerprint density at radius 3 is 2.68 bits per heavy atom. The van der Waals surface area contributed by atoms with Crippen molar-refractivity contribution in [1.82, 2.24) is 25.3 Å². The molecule has 4 rings (SSSR count). The number of pyridine rings is 2. The van der Waals surface area contributed by atoms with Gasteiger partial charge in [0, 0.05) is 12.4 Å². The number of carbonyl (C=O) groups is 2. The van der Waals surface area contributed by atoms with Crippen molar-refractivity contribution in [3.63, 3.8) is 0 Å². The van der Waals surface area contributed by atoms with E-state index in [1.807, 2.05) is 0 Å². The van der Waals surface area contributed by atoms with Crippen LogP contribution in [0.3, 0.4) is 0 Å². The summed E-state index contributed by atoms with van der Waals surface area (Å²) in [6.07, 6.45) is 3.26. The molecule has 0 bridgehead atoms. The molecule has 3 aromatic heterocycles. The molecule has 4 heterocycles. The molecule has 126 valence electrons. The normalized spacial score (nSPS) is 12.9. The molecule has 10 heteroatoms. The molecule has 25 heavy (non-hydrogen) atoms. The van der Waals surface area contributed by atoms with Gasteiger partial charge in [-0.05, 0) is 29.3 Å². The first-order valence-corrected chi connectivity index (χ1v) is 8.00. The summed E-state index contributed by atoms with van der Waals surface area (Å²) in [5, 5.41) is 2.99. The van der Waals surface area contributed by atoms with Crippen molar-refractivity contribution >= 4 is 57.7 Å². The minimum Gasteiger partial charge on any atom is -0.291 e. The summed E-state index contributed by atoms with van der Waals surface area (Å²) in [6, 6.07) is 5.08. The smallest absolute Gasteiger partial charge is 0.276 e. The molecule has 0 saturated carbocycles. The Labute approximate surface area is 156 Å². The fraction of sp³-hybridized carbons (Fsp3) is 0.0667. The van der Waals surface area contributed by atoms with E-state index in [2.05, 4.69) is 25.3 Å². The average Bonchev–Trinajstić information content (AvgIpc) is 2.54. The lowest BCUT2D eigenvalue weighted by Gasteiger charge is -2.12. The summed E-state index contributed by atoms with van der Waals surface area (Å²) in [6.45, 7) is 0. The first-order valence-electron chi connectivity index (χ1n) is 6.86. The standard InChI is InChI=1S/C8H6N2O2.C7H2Cl3N3/c11-6-4-5-2-1-3-9-7(5)8(12)10-6;8-3-1-4-5(11-2-3)6(9)13-7(10)12-4/h1-3H,4H2,(H,10,11,12);1-2H. The second-order valence-electron chi connectivity index (χ2n) is 4.87. The summed E-state index contributed by atoms with van der Waals surface area (Å²) in [5.41, 5.74) is 2.09. The lowest BCUT2D eigenvalue weighted by Crippen LogP contribution is -2.37. The van der Waals surface area contributed by atoms with E-state index in [1.54, 1.807) is 18.2 Å². The van der Waals surface area contributed by atoms with Gasteiger partial charge in [0.25, 0.3) is 5.91 Å². The number of hydrogen-bond acceptors (Lipinski definition) is 6. The van der Waals surface area contributed by atoms with Gasteiger partial charge in [0.15, 0.2) is 5.15 Å². The third-order valence-corrected chi connectivity index (χ3v) is 3.78. The summed E-state index contributed by atoms with van der Waals surface area (Å²) in [5.74, 6) is -0.664. The molecule has 0 aliphatic carbocycles. The highest BCUT2D eigenvalue weighted by atomic mass is 35.5. The quantitative estimate of drug-likeness (QED) is 0.356. The van der Waals surface area contributed by atoms with E-state index < -0.39 is 5.91 Å². The summed E-state index contributed by atoms with van der Waals surface area (Å²) >= 11 is 17.1. The molecule has 1 N–H and O–H groups in total. The molecule has 0 atom stereocenters. The highest BCUT2D eigenvalue weighted by Gasteiger charge is 2.22. The summed E-state index contributed by atoms with van der Waals surface area (Å²) < 4.78 is 0. The fourth-order valence-corrected chi connectivity index (χ4v) is 2.72. The van der Waals surface area contributed by atoms with Crippen LogP contribution in [0.15, 0.2) is 30.6 Å². The predicted octanol–water partition coefficient (Wildman–Crippen LogP) is 2.88. The molecule has 1 aliphatic heterocycles. The van der Waals surface area contributed by atoms with Gasteiger partial charge in [0.1, 0.15) is 11.2 Å². The molecule has 0 aromatic carbocycles. The first kappa shape index (κ1) is 17.5. The molecule has 1 aliphatic rings.